The number of hydrogen-bond acceptors (Lipinski definition) is 3. The number of thioether (sulfide) groups is 1. The van der Waals surface area contributed by atoms with Gasteiger partial charge in [0.25, 0.3) is 0 Å². The molecular weight excluding hydrogens is 340 g/mol. The summed E-state index contributed by atoms with van der Waals surface area (Å²) in [5, 5.41) is -0.0623. The second-order valence-corrected chi connectivity index (χ2v) is 7.25. The van der Waals surface area contributed by atoms with Crippen molar-refractivity contribution in [2.45, 2.75) is 10.1 Å². The maximum absolute atomic E-state index is 13.2. The van der Waals surface area contributed by atoms with Crippen LogP contribution in [0.25, 0.3) is 6.08 Å². The van der Waals surface area contributed by atoms with E-state index in [1.54, 1.807) is 18.9 Å². The van der Waals surface area contributed by atoms with Gasteiger partial charge in [-0.2, -0.15) is 0 Å². The number of Topliss-reactive ketones (excluding diaryl/α,β-unsaturated/α-hetero) is 1. The zero-order chi connectivity index (χ0) is 17.9. The first-order valence-corrected chi connectivity index (χ1v) is 9.35. The third-order valence-corrected chi connectivity index (χ3v) is 5.84. The lowest BCUT2D eigenvalue weighted by atomic mass is 9.94. The Morgan fingerprint density at radius 3 is 2.50 bits per heavy atom. The van der Waals surface area contributed by atoms with E-state index in [9.17, 15) is 4.79 Å². The van der Waals surface area contributed by atoms with Crippen LogP contribution in [-0.2, 0) is 0 Å². The molecule has 1 aliphatic rings. The second kappa shape index (κ2) is 7.22. The topological polar surface area (TPSA) is 26.3 Å². The van der Waals surface area contributed by atoms with Gasteiger partial charge in [-0.1, -0.05) is 60.7 Å². The predicted octanol–water partition coefficient (Wildman–Crippen LogP) is 5.81. The van der Waals surface area contributed by atoms with Gasteiger partial charge in [0.2, 0.25) is 0 Å². The zero-order valence-electron chi connectivity index (χ0n) is 14.4. The molecule has 1 heterocycles. The summed E-state index contributed by atoms with van der Waals surface area (Å²) in [6, 6.07) is 25.6. The van der Waals surface area contributed by atoms with Gasteiger partial charge in [-0.15, -0.1) is 11.8 Å². The van der Waals surface area contributed by atoms with E-state index in [1.165, 1.54) is 4.90 Å². The molecule has 0 fully saturated rings. The molecule has 0 saturated carbocycles. The van der Waals surface area contributed by atoms with E-state index in [-0.39, 0.29) is 11.0 Å². The lowest BCUT2D eigenvalue weighted by Gasteiger charge is -2.25. The van der Waals surface area contributed by atoms with Crippen molar-refractivity contribution >= 4 is 23.6 Å². The van der Waals surface area contributed by atoms with Crippen LogP contribution in [0.15, 0.2) is 89.3 Å². The molecule has 1 atom stereocenters. The molecule has 1 aliphatic heterocycles. The Balaban J connectivity index is 1.82. The van der Waals surface area contributed by atoms with Crippen molar-refractivity contribution in [3.05, 3.63) is 101 Å². The average Bonchev–Trinajstić information content (AvgIpc) is 2.73. The fraction of sp³-hybridized carbons (Fsp3) is 0.0870. The zero-order valence-corrected chi connectivity index (χ0v) is 15.2. The highest BCUT2D eigenvalue weighted by atomic mass is 32.2. The Hall–Kier alpha value is -2.78. The van der Waals surface area contributed by atoms with Crippen LogP contribution in [0.2, 0.25) is 0 Å². The quantitative estimate of drug-likeness (QED) is 0.551. The van der Waals surface area contributed by atoms with Crippen LogP contribution in [0.4, 0.5) is 0 Å². The number of methoxy groups -OCH3 is 1. The van der Waals surface area contributed by atoms with E-state index >= 15 is 0 Å². The van der Waals surface area contributed by atoms with E-state index in [0.29, 0.717) is 5.56 Å². The number of carbonyl (C=O) groups is 1. The molecule has 3 aromatic rings. The highest BCUT2D eigenvalue weighted by molar-refractivity contribution is 8.00. The van der Waals surface area contributed by atoms with Crippen molar-refractivity contribution in [1.82, 2.24) is 0 Å². The van der Waals surface area contributed by atoms with Crippen LogP contribution in [-0.4, -0.2) is 12.9 Å². The largest absolute Gasteiger partial charge is 0.497 e. The molecule has 0 bridgehead atoms. The summed E-state index contributed by atoms with van der Waals surface area (Å²) in [4.78, 5) is 14.4. The lowest BCUT2D eigenvalue weighted by molar-refractivity contribution is 0.103. The van der Waals surface area contributed by atoms with Crippen LogP contribution in [0, 0.1) is 0 Å². The third-order valence-electron chi connectivity index (χ3n) is 4.45. The first-order valence-electron chi connectivity index (χ1n) is 8.47. The summed E-state index contributed by atoms with van der Waals surface area (Å²) in [5.41, 5.74) is 3.68. The van der Waals surface area contributed by atoms with Gasteiger partial charge >= 0.3 is 0 Å². The van der Waals surface area contributed by atoms with E-state index in [2.05, 4.69) is 18.2 Å². The fourth-order valence-corrected chi connectivity index (χ4v) is 4.39. The van der Waals surface area contributed by atoms with Gasteiger partial charge in [0, 0.05) is 16.0 Å². The van der Waals surface area contributed by atoms with Crippen LogP contribution in [0.3, 0.4) is 0 Å². The van der Waals surface area contributed by atoms with Crippen molar-refractivity contribution in [1.29, 1.82) is 0 Å². The van der Waals surface area contributed by atoms with Crippen LogP contribution in [0.5, 0.6) is 5.75 Å². The minimum Gasteiger partial charge on any atom is -0.497 e. The predicted molar refractivity (Wildman–Crippen MR) is 107 cm³/mol. The summed E-state index contributed by atoms with van der Waals surface area (Å²) in [5.74, 6) is 0.869. The van der Waals surface area contributed by atoms with E-state index in [4.69, 9.17) is 4.74 Å². The van der Waals surface area contributed by atoms with Crippen molar-refractivity contribution in [3.63, 3.8) is 0 Å². The molecule has 2 nitrogen and oxygen atoms in total. The molecule has 26 heavy (non-hydrogen) atoms. The van der Waals surface area contributed by atoms with Crippen molar-refractivity contribution < 1.29 is 9.53 Å². The molecule has 3 aromatic carbocycles. The van der Waals surface area contributed by atoms with Gasteiger partial charge in [-0.3, -0.25) is 4.79 Å². The van der Waals surface area contributed by atoms with E-state index in [0.717, 1.165) is 22.4 Å². The number of fused-ring (bicyclic) bond motifs is 1. The van der Waals surface area contributed by atoms with Crippen molar-refractivity contribution in [2.75, 3.05) is 7.11 Å². The number of rotatable bonds is 4. The molecule has 0 amide bonds. The molecule has 0 spiro atoms. The number of ether oxygens (including phenoxy) is 1. The van der Waals surface area contributed by atoms with Gasteiger partial charge in [0.1, 0.15) is 5.75 Å². The van der Waals surface area contributed by atoms with Gasteiger partial charge in [-0.05, 0) is 35.4 Å². The first-order chi connectivity index (χ1) is 12.8. The van der Waals surface area contributed by atoms with Crippen molar-refractivity contribution in [2.24, 2.45) is 0 Å². The normalized spacial score (nSPS) is 15.7. The molecule has 0 N–H and O–H groups in total. The summed E-state index contributed by atoms with van der Waals surface area (Å²) < 4.78 is 5.38. The Labute approximate surface area is 157 Å². The smallest absolute Gasteiger partial charge is 0.190 e. The number of carbonyl (C=O) groups excluding carboxylic acids is 1. The summed E-state index contributed by atoms with van der Waals surface area (Å²) in [6.45, 7) is 0. The lowest BCUT2D eigenvalue weighted by Crippen LogP contribution is -2.13. The maximum atomic E-state index is 13.2. The molecule has 3 heteroatoms. The van der Waals surface area contributed by atoms with Crippen molar-refractivity contribution in [3.8, 4) is 5.75 Å². The fourth-order valence-electron chi connectivity index (χ4n) is 3.13. The van der Waals surface area contributed by atoms with E-state index in [1.807, 2.05) is 66.7 Å². The number of hydrogen-bond donors (Lipinski definition) is 0. The Kier molecular flexibility index (Phi) is 4.63. The summed E-state index contributed by atoms with van der Waals surface area (Å²) in [6.07, 6.45) is 2.03. The molecule has 0 radical (unpaired) electrons. The average molecular weight is 358 g/mol. The van der Waals surface area contributed by atoms with E-state index < -0.39 is 0 Å². The maximum Gasteiger partial charge on any atom is 0.190 e. The molecular formula is C23H18O2S. The van der Waals surface area contributed by atoms with Gasteiger partial charge in [0.05, 0.1) is 12.4 Å². The molecule has 0 aromatic heterocycles. The molecule has 128 valence electrons. The summed E-state index contributed by atoms with van der Waals surface area (Å²) in [7, 11) is 1.66. The second-order valence-electron chi connectivity index (χ2n) is 6.11. The van der Waals surface area contributed by atoms with Crippen LogP contribution in [0.1, 0.15) is 26.7 Å². The highest BCUT2D eigenvalue weighted by Gasteiger charge is 2.29. The Morgan fingerprint density at radius 2 is 1.69 bits per heavy atom. The minimum atomic E-state index is -0.0623. The van der Waals surface area contributed by atoms with Gasteiger partial charge in [0.15, 0.2) is 5.78 Å². The molecule has 0 saturated heterocycles. The Morgan fingerprint density at radius 1 is 0.923 bits per heavy atom. The number of ketones is 1. The highest BCUT2D eigenvalue weighted by Crippen LogP contribution is 2.48. The SMILES string of the molecule is COc1cccc(C2Sc3ccccc3C=C2C(=O)c2ccccc2)c1. The van der Waals surface area contributed by atoms with Crippen LogP contribution < -0.4 is 4.74 Å². The first kappa shape index (κ1) is 16.7. The monoisotopic (exact) mass is 358 g/mol. The van der Waals surface area contributed by atoms with Crippen LogP contribution >= 0.6 is 11.8 Å². The van der Waals surface area contributed by atoms with Gasteiger partial charge in [-0.25, -0.2) is 0 Å². The molecule has 1 unspecified atom stereocenters. The standard InChI is InChI=1S/C23H18O2S/c1-25-19-12-7-11-18(14-19)23-20(22(24)16-8-3-2-4-9-16)15-17-10-5-6-13-21(17)26-23/h2-15,23H,1H3. The minimum absolute atomic E-state index is 0.0623. The summed E-state index contributed by atoms with van der Waals surface area (Å²) >= 11 is 1.72. The Bertz CT molecular complexity index is 976. The number of benzene rings is 3. The molecule has 4 rings (SSSR count). The molecule has 0 aliphatic carbocycles. The third kappa shape index (κ3) is 3.18. The van der Waals surface area contributed by atoms with Gasteiger partial charge < -0.3 is 4.74 Å².